The van der Waals surface area contributed by atoms with E-state index in [0.717, 1.165) is 18.2 Å². The van der Waals surface area contributed by atoms with Gasteiger partial charge < -0.3 is 10.5 Å². The monoisotopic (exact) mass is 479 g/mol. The van der Waals surface area contributed by atoms with E-state index in [4.69, 9.17) is 4.74 Å². The summed E-state index contributed by atoms with van der Waals surface area (Å²) in [5, 5.41) is 2.26. The highest BCUT2D eigenvalue weighted by atomic mass is 32.1. The molecule has 0 aliphatic rings. The summed E-state index contributed by atoms with van der Waals surface area (Å²) in [6, 6.07) is 12.3. The minimum atomic E-state index is -0.542. The highest BCUT2D eigenvalue weighted by Gasteiger charge is 2.16. The molecule has 0 saturated heterocycles. The van der Waals surface area contributed by atoms with E-state index in [2.05, 4.69) is 32.4 Å². The number of pyridine rings is 1. The predicted octanol–water partition coefficient (Wildman–Crippen LogP) is 5.90. The van der Waals surface area contributed by atoms with Gasteiger partial charge in [-0.15, -0.1) is 11.3 Å². The summed E-state index contributed by atoms with van der Waals surface area (Å²) in [6.45, 7) is 6.01. The molecule has 9 heteroatoms. The molecule has 34 heavy (non-hydrogen) atoms. The molecule has 174 valence electrons. The van der Waals surface area contributed by atoms with Gasteiger partial charge >= 0.3 is 0 Å². The fourth-order valence-corrected chi connectivity index (χ4v) is 3.90. The summed E-state index contributed by atoms with van der Waals surface area (Å²) in [5.74, 6) is -0.0295. The number of nitrogens with two attached hydrogens (primary N) is 1. The Kier molecular flexibility index (Phi) is 8.66. The van der Waals surface area contributed by atoms with Crippen molar-refractivity contribution >= 4 is 29.6 Å². The molecule has 0 unspecified atom stereocenters. The van der Waals surface area contributed by atoms with Crippen LogP contribution in [0.15, 0.2) is 76.3 Å². The molecule has 0 amide bonds. The van der Waals surface area contributed by atoms with Crippen LogP contribution in [0.2, 0.25) is 0 Å². The quantitative estimate of drug-likeness (QED) is 0.275. The Bertz CT molecular complexity index is 1290. The molecule has 2 heterocycles. The minimum absolute atomic E-state index is 0.0994. The standard InChI is InChI=1S/C24H18F2N4OS.CH5N/c1-3-31-17-7-9-21(29-23(27-2)15-5-4-10-28-13-15)19(12-17)24-30-22(14-32-24)18-11-16(25)6-8-20(18)26;1-2/h4-14H,2-3H2,1H3;2H2,1H3. The van der Waals surface area contributed by atoms with Gasteiger partial charge in [0.25, 0.3) is 0 Å². The first-order valence-electron chi connectivity index (χ1n) is 10.3. The van der Waals surface area contributed by atoms with Crippen molar-refractivity contribution in [3.05, 3.63) is 83.5 Å². The van der Waals surface area contributed by atoms with Crippen LogP contribution in [-0.2, 0) is 0 Å². The SMILES string of the molecule is C=NC(=Nc1ccc(OCC)cc1-c1nc(-c2cc(F)ccc2F)cs1)c1cccnc1.CN. The van der Waals surface area contributed by atoms with E-state index in [1.807, 2.05) is 19.1 Å². The molecule has 0 aliphatic heterocycles. The molecular formula is C25H23F2N5OS. The van der Waals surface area contributed by atoms with Crippen LogP contribution >= 0.6 is 11.3 Å². The number of halogens is 2. The van der Waals surface area contributed by atoms with Gasteiger partial charge in [0.2, 0.25) is 0 Å². The summed E-state index contributed by atoms with van der Waals surface area (Å²) >= 11 is 1.30. The lowest BCUT2D eigenvalue weighted by molar-refractivity contribution is 0.340. The smallest absolute Gasteiger partial charge is 0.160 e. The zero-order chi connectivity index (χ0) is 24.5. The van der Waals surface area contributed by atoms with Crippen molar-refractivity contribution < 1.29 is 13.5 Å². The van der Waals surface area contributed by atoms with Crippen LogP contribution in [0.3, 0.4) is 0 Å². The van der Waals surface area contributed by atoms with E-state index in [0.29, 0.717) is 45.7 Å². The van der Waals surface area contributed by atoms with Crippen molar-refractivity contribution in [1.82, 2.24) is 9.97 Å². The van der Waals surface area contributed by atoms with Gasteiger partial charge in [0.15, 0.2) is 5.84 Å². The van der Waals surface area contributed by atoms with Crippen molar-refractivity contribution in [2.45, 2.75) is 6.92 Å². The first kappa shape index (κ1) is 24.8. The Balaban J connectivity index is 0.00000158. The number of ether oxygens (including phenoxy) is 1. The van der Waals surface area contributed by atoms with Crippen molar-refractivity contribution in [2.24, 2.45) is 15.7 Å². The van der Waals surface area contributed by atoms with E-state index in [1.165, 1.54) is 18.4 Å². The fourth-order valence-electron chi connectivity index (χ4n) is 3.06. The van der Waals surface area contributed by atoms with Crippen molar-refractivity contribution in [3.63, 3.8) is 0 Å². The van der Waals surface area contributed by atoms with Crippen LogP contribution in [0.4, 0.5) is 14.5 Å². The molecule has 0 aliphatic carbocycles. The van der Waals surface area contributed by atoms with Gasteiger partial charge in [0.1, 0.15) is 22.4 Å². The number of thiazole rings is 1. The molecule has 2 N–H and O–H groups in total. The van der Waals surface area contributed by atoms with E-state index in [-0.39, 0.29) is 5.56 Å². The summed E-state index contributed by atoms with van der Waals surface area (Å²) in [7, 11) is 1.50. The number of aliphatic imine (C=N–C) groups is 2. The number of benzene rings is 2. The third-order valence-electron chi connectivity index (χ3n) is 4.51. The summed E-state index contributed by atoms with van der Waals surface area (Å²) < 4.78 is 33.5. The Morgan fingerprint density at radius 1 is 1.12 bits per heavy atom. The average Bonchev–Trinajstić information content (AvgIpc) is 3.36. The number of amidine groups is 1. The van der Waals surface area contributed by atoms with Crippen LogP contribution in [-0.4, -0.2) is 36.2 Å². The lowest BCUT2D eigenvalue weighted by Gasteiger charge is -2.09. The molecule has 0 fully saturated rings. The lowest BCUT2D eigenvalue weighted by Crippen LogP contribution is -1.97. The maximum absolute atomic E-state index is 14.2. The molecule has 0 radical (unpaired) electrons. The van der Waals surface area contributed by atoms with E-state index in [1.54, 1.807) is 36.0 Å². The first-order valence-corrected chi connectivity index (χ1v) is 11.2. The normalized spacial score (nSPS) is 10.9. The minimum Gasteiger partial charge on any atom is -0.494 e. The van der Waals surface area contributed by atoms with Crippen LogP contribution < -0.4 is 10.5 Å². The molecule has 0 saturated carbocycles. The van der Waals surface area contributed by atoms with Gasteiger partial charge in [-0.3, -0.25) is 4.98 Å². The third kappa shape index (κ3) is 5.75. The molecule has 4 aromatic rings. The number of hydrogen-bond acceptors (Lipinski definition) is 6. The zero-order valence-corrected chi connectivity index (χ0v) is 19.5. The van der Waals surface area contributed by atoms with Crippen molar-refractivity contribution in [3.8, 4) is 27.6 Å². The van der Waals surface area contributed by atoms with E-state index < -0.39 is 11.6 Å². The molecule has 0 atom stereocenters. The van der Waals surface area contributed by atoms with Crippen LogP contribution in [0.5, 0.6) is 5.75 Å². The summed E-state index contributed by atoms with van der Waals surface area (Å²) in [5.41, 5.74) is 6.91. The van der Waals surface area contributed by atoms with Gasteiger partial charge in [-0.2, -0.15) is 0 Å². The molecule has 2 aromatic heterocycles. The Hall–Kier alpha value is -3.82. The maximum atomic E-state index is 14.2. The lowest BCUT2D eigenvalue weighted by atomic mass is 10.1. The Labute approximate surface area is 200 Å². The molecule has 6 nitrogen and oxygen atoms in total. The van der Waals surface area contributed by atoms with Gasteiger partial charge in [0, 0.05) is 34.5 Å². The van der Waals surface area contributed by atoms with Gasteiger partial charge in [-0.1, -0.05) is 0 Å². The zero-order valence-electron chi connectivity index (χ0n) is 18.7. The van der Waals surface area contributed by atoms with Crippen LogP contribution in [0.25, 0.3) is 21.8 Å². The molecular weight excluding hydrogens is 456 g/mol. The highest BCUT2D eigenvalue weighted by Crippen LogP contribution is 2.38. The Morgan fingerprint density at radius 3 is 2.65 bits per heavy atom. The summed E-state index contributed by atoms with van der Waals surface area (Å²) in [6.07, 6.45) is 3.31. The first-order chi connectivity index (χ1) is 16.6. The van der Waals surface area contributed by atoms with Crippen LogP contribution in [0.1, 0.15) is 12.5 Å². The van der Waals surface area contributed by atoms with Crippen LogP contribution in [0, 0.1) is 11.6 Å². The van der Waals surface area contributed by atoms with Gasteiger partial charge in [-0.05, 0) is 69.2 Å². The van der Waals surface area contributed by atoms with Crippen molar-refractivity contribution in [1.29, 1.82) is 0 Å². The third-order valence-corrected chi connectivity index (χ3v) is 5.39. The molecule has 4 rings (SSSR count). The molecule has 2 aromatic carbocycles. The number of nitrogens with zero attached hydrogens (tertiary/aromatic N) is 4. The molecule has 0 spiro atoms. The second-order valence-electron chi connectivity index (χ2n) is 6.61. The summed E-state index contributed by atoms with van der Waals surface area (Å²) in [4.78, 5) is 17.4. The maximum Gasteiger partial charge on any atom is 0.160 e. The van der Waals surface area contributed by atoms with Crippen molar-refractivity contribution in [2.75, 3.05) is 13.7 Å². The molecule has 0 bridgehead atoms. The average molecular weight is 480 g/mol. The predicted molar refractivity (Wildman–Crippen MR) is 134 cm³/mol. The number of aromatic nitrogens is 2. The van der Waals surface area contributed by atoms with E-state index >= 15 is 0 Å². The number of rotatable bonds is 6. The van der Waals surface area contributed by atoms with E-state index in [9.17, 15) is 8.78 Å². The fraction of sp³-hybridized carbons (Fsp3) is 0.120. The second-order valence-corrected chi connectivity index (χ2v) is 7.47. The largest absolute Gasteiger partial charge is 0.494 e. The van der Waals surface area contributed by atoms with Gasteiger partial charge in [0.05, 0.1) is 18.0 Å². The van der Waals surface area contributed by atoms with Gasteiger partial charge in [-0.25, -0.2) is 23.7 Å². The highest BCUT2D eigenvalue weighted by molar-refractivity contribution is 7.13. The Morgan fingerprint density at radius 2 is 1.94 bits per heavy atom. The topological polar surface area (TPSA) is 85.8 Å². The number of hydrogen-bond donors (Lipinski definition) is 1. The second kappa shape index (κ2) is 11.9.